The molecule has 5 heteroatoms. The molecule has 0 saturated carbocycles. The summed E-state index contributed by atoms with van der Waals surface area (Å²) in [5.74, 6) is -0.323. The Bertz CT molecular complexity index is 707. The molecule has 1 unspecified atom stereocenters. The fraction of sp³-hybridized carbons (Fsp3) is 0.143. The molecular weight excluding hydrogens is 243 g/mol. The highest BCUT2D eigenvalue weighted by Gasteiger charge is 2.07. The minimum Gasteiger partial charge on any atom is -0.378 e. The number of hydrogen-bond donors (Lipinski definition) is 2. The van der Waals surface area contributed by atoms with E-state index in [2.05, 4.69) is 20.5 Å². The van der Waals surface area contributed by atoms with Crippen molar-refractivity contribution in [3.05, 3.63) is 54.2 Å². The molecule has 0 radical (unpaired) electrons. The summed E-state index contributed by atoms with van der Waals surface area (Å²) < 4.78 is 13.1. The molecule has 0 fully saturated rings. The van der Waals surface area contributed by atoms with Crippen LogP contribution in [-0.2, 0) is 0 Å². The number of aromatic nitrogens is 3. The molecule has 1 aromatic carbocycles. The normalized spacial score (nSPS) is 12.5. The van der Waals surface area contributed by atoms with Crippen molar-refractivity contribution in [2.45, 2.75) is 13.0 Å². The molecule has 0 bridgehead atoms. The van der Waals surface area contributed by atoms with Crippen molar-refractivity contribution in [1.29, 1.82) is 0 Å². The Morgan fingerprint density at radius 2 is 2.11 bits per heavy atom. The molecule has 19 heavy (non-hydrogen) atoms. The van der Waals surface area contributed by atoms with Crippen molar-refractivity contribution in [3.63, 3.8) is 0 Å². The van der Waals surface area contributed by atoms with E-state index in [0.29, 0.717) is 0 Å². The van der Waals surface area contributed by atoms with Gasteiger partial charge in [-0.2, -0.15) is 5.10 Å². The van der Waals surface area contributed by atoms with Crippen LogP contribution in [0.25, 0.3) is 10.9 Å². The summed E-state index contributed by atoms with van der Waals surface area (Å²) in [7, 11) is 0. The lowest BCUT2D eigenvalue weighted by Gasteiger charge is -2.15. The van der Waals surface area contributed by atoms with E-state index in [0.717, 1.165) is 22.2 Å². The number of nitrogens with zero attached hydrogens (tertiary/aromatic N) is 2. The molecule has 2 heterocycles. The average Bonchev–Trinajstić information content (AvgIpc) is 2.86. The van der Waals surface area contributed by atoms with Crippen LogP contribution in [0.4, 0.5) is 10.1 Å². The molecule has 3 aromatic rings. The number of fused-ring (bicyclic) bond motifs is 1. The van der Waals surface area contributed by atoms with E-state index in [1.165, 1.54) is 12.3 Å². The van der Waals surface area contributed by atoms with Gasteiger partial charge < -0.3 is 5.32 Å². The predicted molar refractivity (Wildman–Crippen MR) is 72.3 cm³/mol. The second kappa shape index (κ2) is 4.68. The van der Waals surface area contributed by atoms with Crippen LogP contribution >= 0.6 is 0 Å². The topological polar surface area (TPSA) is 53.6 Å². The van der Waals surface area contributed by atoms with Gasteiger partial charge in [-0.05, 0) is 36.8 Å². The summed E-state index contributed by atoms with van der Waals surface area (Å²) in [4.78, 5) is 3.86. The van der Waals surface area contributed by atoms with Crippen molar-refractivity contribution >= 4 is 16.6 Å². The number of rotatable bonds is 3. The monoisotopic (exact) mass is 256 g/mol. The highest BCUT2D eigenvalue weighted by atomic mass is 19.1. The highest BCUT2D eigenvalue weighted by Crippen LogP contribution is 2.22. The van der Waals surface area contributed by atoms with Gasteiger partial charge in [0.1, 0.15) is 5.82 Å². The van der Waals surface area contributed by atoms with Crippen LogP contribution in [-0.4, -0.2) is 15.2 Å². The second-order valence-electron chi connectivity index (χ2n) is 4.47. The second-order valence-corrected chi connectivity index (χ2v) is 4.47. The van der Waals surface area contributed by atoms with Crippen molar-refractivity contribution in [2.24, 2.45) is 0 Å². The van der Waals surface area contributed by atoms with E-state index in [9.17, 15) is 4.39 Å². The van der Waals surface area contributed by atoms with Gasteiger partial charge in [0.25, 0.3) is 0 Å². The first-order valence-electron chi connectivity index (χ1n) is 6.02. The number of H-pyrrole nitrogens is 1. The first-order chi connectivity index (χ1) is 9.22. The first kappa shape index (κ1) is 11.6. The maximum Gasteiger partial charge on any atom is 0.141 e. The fourth-order valence-electron chi connectivity index (χ4n) is 2.03. The van der Waals surface area contributed by atoms with Crippen LogP contribution in [0.3, 0.4) is 0 Å². The third-order valence-electron chi connectivity index (χ3n) is 3.05. The van der Waals surface area contributed by atoms with Gasteiger partial charge in [-0.15, -0.1) is 0 Å². The minimum atomic E-state index is -0.323. The summed E-state index contributed by atoms with van der Waals surface area (Å²) in [6.07, 6.45) is 4.64. The Balaban J connectivity index is 1.83. The van der Waals surface area contributed by atoms with E-state index >= 15 is 0 Å². The number of halogens is 1. The molecule has 0 aliphatic carbocycles. The molecule has 0 saturated heterocycles. The van der Waals surface area contributed by atoms with Crippen LogP contribution in [0.15, 0.2) is 42.9 Å². The number of nitrogens with one attached hydrogen (secondary N) is 2. The summed E-state index contributed by atoms with van der Waals surface area (Å²) in [5, 5.41) is 11.2. The zero-order chi connectivity index (χ0) is 13.2. The molecule has 0 aliphatic rings. The molecule has 2 N–H and O–H groups in total. The lowest BCUT2D eigenvalue weighted by molar-refractivity contribution is 0.616. The molecule has 2 aromatic heterocycles. The highest BCUT2D eigenvalue weighted by molar-refractivity contribution is 5.81. The maximum atomic E-state index is 13.1. The average molecular weight is 256 g/mol. The van der Waals surface area contributed by atoms with Crippen LogP contribution < -0.4 is 5.32 Å². The zero-order valence-electron chi connectivity index (χ0n) is 10.4. The number of pyridine rings is 1. The Labute approximate surface area is 109 Å². The van der Waals surface area contributed by atoms with E-state index in [1.807, 2.05) is 25.1 Å². The van der Waals surface area contributed by atoms with Gasteiger partial charge in [-0.25, -0.2) is 4.39 Å². The lowest BCUT2D eigenvalue weighted by atomic mass is 10.1. The molecule has 0 amide bonds. The molecular formula is C14H13FN4. The first-order valence-corrected chi connectivity index (χ1v) is 6.02. The minimum absolute atomic E-state index is 0.0208. The SMILES string of the molecule is CC(Nc1ccc2[nH]ncc2c1)c1cncc(F)c1. The smallest absolute Gasteiger partial charge is 0.141 e. The summed E-state index contributed by atoms with van der Waals surface area (Å²) >= 11 is 0. The van der Waals surface area contributed by atoms with Crippen molar-refractivity contribution in [1.82, 2.24) is 15.2 Å². The van der Waals surface area contributed by atoms with Gasteiger partial charge >= 0.3 is 0 Å². The van der Waals surface area contributed by atoms with Crippen LogP contribution in [0.5, 0.6) is 0 Å². The molecule has 1 atom stereocenters. The molecule has 3 rings (SSSR count). The molecule has 0 aliphatic heterocycles. The van der Waals surface area contributed by atoms with E-state index < -0.39 is 0 Å². The van der Waals surface area contributed by atoms with Gasteiger partial charge in [-0.3, -0.25) is 10.1 Å². The summed E-state index contributed by atoms with van der Waals surface area (Å²) in [6, 6.07) is 7.39. The Hall–Kier alpha value is -2.43. The lowest BCUT2D eigenvalue weighted by Crippen LogP contribution is -2.07. The number of anilines is 1. The van der Waals surface area contributed by atoms with Crippen LogP contribution in [0, 0.1) is 5.82 Å². The van der Waals surface area contributed by atoms with E-state index in [4.69, 9.17) is 0 Å². The Kier molecular flexibility index (Phi) is 2.87. The summed E-state index contributed by atoms with van der Waals surface area (Å²) in [5.41, 5.74) is 2.77. The fourth-order valence-corrected chi connectivity index (χ4v) is 2.03. The van der Waals surface area contributed by atoms with Crippen LogP contribution in [0.1, 0.15) is 18.5 Å². The summed E-state index contributed by atoms with van der Waals surface area (Å²) in [6.45, 7) is 1.97. The van der Waals surface area contributed by atoms with Gasteiger partial charge in [0.2, 0.25) is 0 Å². The Morgan fingerprint density at radius 3 is 2.95 bits per heavy atom. The van der Waals surface area contributed by atoms with E-state index in [1.54, 1.807) is 12.4 Å². The van der Waals surface area contributed by atoms with E-state index in [-0.39, 0.29) is 11.9 Å². The molecule has 0 spiro atoms. The third kappa shape index (κ3) is 2.40. The van der Waals surface area contributed by atoms with Crippen molar-refractivity contribution in [3.8, 4) is 0 Å². The van der Waals surface area contributed by atoms with Crippen molar-refractivity contribution in [2.75, 3.05) is 5.32 Å². The predicted octanol–water partition coefficient (Wildman–Crippen LogP) is 3.27. The van der Waals surface area contributed by atoms with Gasteiger partial charge in [0, 0.05) is 17.3 Å². The zero-order valence-corrected chi connectivity index (χ0v) is 10.4. The molecule has 4 nitrogen and oxygen atoms in total. The van der Waals surface area contributed by atoms with Gasteiger partial charge in [0.05, 0.1) is 24.0 Å². The third-order valence-corrected chi connectivity index (χ3v) is 3.05. The molecule has 96 valence electrons. The van der Waals surface area contributed by atoms with Crippen molar-refractivity contribution < 1.29 is 4.39 Å². The Morgan fingerprint density at radius 1 is 1.21 bits per heavy atom. The standard InChI is InChI=1S/C14H13FN4/c1-9(10-4-12(15)8-16-6-10)18-13-2-3-14-11(5-13)7-17-19-14/h2-9,18H,1H3,(H,17,19). The number of aromatic amines is 1. The number of hydrogen-bond acceptors (Lipinski definition) is 3. The van der Waals surface area contributed by atoms with Gasteiger partial charge in [0.15, 0.2) is 0 Å². The number of benzene rings is 1. The largest absolute Gasteiger partial charge is 0.378 e. The maximum absolute atomic E-state index is 13.1. The van der Waals surface area contributed by atoms with Gasteiger partial charge in [-0.1, -0.05) is 0 Å². The van der Waals surface area contributed by atoms with Crippen LogP contribution in [0.2, 0.25) is 0 Å². The quantitative estimate of drug-likeness (QED) is 0.756.